The molecule has 0 saturated carbocycles. The minimum absolute atomic E-state index is 0.102. The summed E-state index contributed by atoms with van der Waals surface area (Å²) >= 11 is 6.19. The largest absolute Gasteiger partial charge is 0.489 e. The van der Waals surface area contributed by atoms with E-state index in [1.54, 1.807) is 0 Å². The van der Waals surface area contributed by atoms with Crippen molar-refractivity contribution in [2.45, 2.75) is 4.90 Å². The van der Waals surface area contributed by atoms with Crippen molar-refractivity contribution in [1.82, 2.24) is 0 Å². The first-order valence-corrected chi connectivity index (χ1v) is 5.99. The third-order valence-electron chi connectivity index (χ3n) is 1.69. The van der Waals surface area contributed by atoms with Gasteiger partial charge in [-0.2, -0.15) is 0 Å². The molecule has 0 aromatic heterocycles. The van der Waals surface area contributed by atoms with E-state index in [0.717, 1.165) is 6.07 Å². The average Bonchev–Trinajstić information content (AvgIpc) is 2.19. The Hall–Kier alpha value is -0.700. The highest BCUT2D eigenvalue weighted by molar-refractivity contribution is 9.10. The number of hydrogen-bond acceptors (Lipinski definition) is 4. The second-order valence-corrected chi connectivity index (χ2v) is 4.70. The minimum atomic E-state index is -2.38. The van der Waals surface area contributed by atoms with Crippen LogP contribution >= 0.6 is 27.5 Å². The number of nitro benzene ring substituents is 1. The first kappa shape index (κ1) is 13.4. The molecule has 0 radical (unpaired) electrons. The van der Waals surface area contributed by atoms with Gasteiger partial charge in [0, 0.05) is 0 Å². The number of rotatable bonds is 3. The first-order valence-electron chi connectivity index (χ1n) is 3.71. The van der Waals surface area contributed by atoms with Gasteiger partial charge in [0.05, 0.1) is 22.0 Å². The fraction of sp³-hybridized carbons (Fsp3) is 0.143. The van der Waals surface area contributed by atoms with E-state index in [0.29, 0.717) is 0 Å². The average molecular weight is 331 g/mol. The maximum atomic E-state index is 10.9. The summed E-state index contributed by atoms with van der Waals surface area (Å²) in [5.74, 6) is -0.159. The van der Waals surface area contributed by atoms with Crippen molar-refractivity contribution < 1.29 is 18.4 Å². The Balaban J connectivity index is 3.65. The zero-order valence-electron chi connectivity index (χ0n) is 7.77. The molecule has 0 saturated heterocycles. The van der Waals surface area contributed by atoms with Crippen LogP contribution in [-0.4, -0.2) is 20.8 Å². The molecule has 1 aromatic rings. The number of methoxy groups -OCH3 is 1. The predicted octanol–water partition coefficient (Wildman–Crippen LogP) is 2.60. The van der Waals surface area contributed by atoms with Crippen molar-refractivity contribution in [3.63, 3.8) is 0 Å². The molecule has 1 atom stereocenters. The minimum Gasteiger partial charge on any atom is -0.489 e. The van der Waals surface area contributed by atoms with Crippen LogP contribution in [0.2, 0.25) is 5.02 Å². The van der Waals surface area contributed by atoms with E-state index in [9.17, 15) is 14.3 Å². The van der Waals surface area contributed by atoms with Gasteiger partial charge in [0.25, 0.3) is 0 Å². The van der Waals surface area contributed by atoms with Crippen LogP contribution in [0.15, 0.2) is 15.4 Å². The van der Waals surface area contributed by atoms with Crippen molar-refractivity contribution >= 4 is 44.3 Å². The highest BCUT2D eigenvalue weighted by Crippen LogP contribution is 2.43. The summed E-state index contributed by atoms with van der Waals surface area (Å²) in [7, 11) is 1.22. The van der Waals surface area contributed by atoms with Crippen molar-refractivity contribution in [1.29, 1.82) is 0 Å². The predicted molar refractivity (Wildman–Crippen MR) is 61.4 cm³/mol. The molecule has 16 heavy (non-hydrogen) atoms. The standard InChI is InChI=1S/C7H5BrClNO5S/c1-15-7-3(9)2-4(16(13)14)5(8)6(7)10(11)12/h2H,1H3,(H,13,14). The molecule has 0 bridgehead atoms. The molecule has 0 aliphatic heterocycles. The molecule has 0 aliphatic rings. The Morgan fingerprint density at radius 1 is 1.69 bits per heavy atom. The van der Waals surface area contributed by atoms with Gasteiger partial charge in [-0.25, -0.2) is 4.21 Å². The molecule has 1 aromatic carbocycles. The zero-order valence-corrected chi connectivity index (χ0v) is 10.9. The van der Waals surface area contributed by atoms with Gasteiger partial charge in [-0.1, -0.05) is 11.6 Å². The normalized spacial score (nSPS) is 12.2. The van der Waals surface area contributed by atoms with E-state index in [2.05, 4.69) is 15.9 Å². The van der Waals surface area contributed by atoms with Crippen LogP contribution in [0.4, 0.5) is 5.69 Å². The highest BCUT2D eigenvalue weighted by Gasteiger charge is 2.27. The van der Waals surface area contributed by atoms with E-state index in [4.69, 9.17) is 20.9 Å². The molecule has 0 aliphatic carbocycles. The fourth-order valence-corrected chi connectivity index (χ4v) is 2.72. The number of ether oxygens (including phenoxy) is 1. The Morgan fingerprint density at radius 3 is 2.62 bits per heavy atom. The molecule has 6 nitrogen and oxygen atoms in total. The van der Waals surface area contributed by atoms with Gasteiger partial charge >= 0.3 is 5.69 Å². The third-order valence-corrected chi connectivity index (χ3v) is 3.73. The van der Waals surface area contributed by atoms with Gasteiger partial charge in [0.1, 0.15) is 4.47 Å². The van der Waals surface area contributed by atoms with Crippen molar-refractivity contribution in [3.8, 4) is 5.75 Å². The molecular weight excluding hydrogens is 326 g/mol. The summed E-state index contributed by atoms with van der Waals surface area (Å²) in [5.41, 5.74) is -0.479. The molecule has 1 N–H and O–H groups in total. The summed E-state index contributed by atoms with van der Waals surface area (Å²) in [6.07, 6.45) is 0. The molecule has 1 rings (SSSR count). The van der Waals surface area contributed by atoms with E-state index < -0.39 is 21.7 Å². The fourth-order valence-electron chi connectivity index (χ4n) is 1.06. The Kier molecular flexibility index (Phi) is 4.25. The second-order valence-electron chi connectivity index (χ2n) is 2.56. The SMILES string of the molecule is COc1c(Cl)cc(S(=O)O)c(Br)c1[N+](=O)[O-]. The third kappa shape index (κ3) is 2.34. The number of benzene rings is 1. The summed E-state index contributed by atoms with van der Waals surface area (Å²) in [4.78, 5) is 9.86. The number of nitrogens with zero attached hydrogens (tertiary/aromatic N) is 1. The molecule has 9 heteroatoms. The van der Waals surface area contributed by atoms with Crippen LogP contribution in [0.1, 0.15) is 0 Å². The maximum absolute atomic E-state index is 10.9. The lowest BCUT2D eigenvalue weighted by atomic mass is 10.3. The molecule has 0 heterocycles. The summed E-state index contributed by atoms with van der Waals surface area (Å²) in [6.45, 7) is 0. The first-order chi connectivity index (χ1) is 7.40. The number of nitro groups is 1. The Labute approximate surface area is 106 Å². The summed E-state index contributed by atoms with van der Waals surface area (Å²) in [5, 5.41) is 10.7. The summed E-state index contributed by atoms with van der Waals surface area (Å²) in [6, 6.07) is 1.13. The molecule has 88 valence electrons. The lowest BCUT2D eigenvalue weighted by Crippen LogP contribution is -2.00. The van der Waals surface area contributed by atoms with Crippen LogP contribution in [0, 0.1) is 10.1 Å². The maximum Gasteiger partial charge on any atom is 0.327 e. The zero-order chi connectivity index (χ0) is 12.5. The topological polar surface area (TPSA) is 89.7 Å². The van der Waals surface area contributed by atoms with Gasteiger partial charge in [-0.3, -0.25) is 10.1 Å². The van der Waals surface area contributed by atoms with Crippen LogP contribution in [-0.2, 0) is 11.1 Å². The van der Waals surface area contributed by atoms with Gasteiger partial charge in [0.15, 0.2) is 11.1 Å². The smallest absolute Gasteiger partial charge is 0.327 e. The van der Waals surface area contributed by atoms with Crippen LogP contribution < -0.4 is 4.74 Å². The molecule has 0 fully saturated rings. The Morgan fingerprint density at radius 2 is 2.25 bits per heavy atom. The second kappa shape index (κ2) is 5.09. The summed E-state index contributed by atoms with van der Waals surface area (Å²) < 4.78 is 24.5. The number of halogens is 2. The van der Waals surface area contributed by atoms with Crippen LogP contribution in [0.25, 0.3) is 0 Å². The Bertz CT molecular complexity index is 480. The van der Waals surface area contributed by atoms with Gasteiger partial charge in [-0.15, -0.1) is 0 Å². The number of hydrogen-bond donors (Lipinski definition) is 1. The van der Waals surface area contributed by atoms with Crippen LogP contribution in [0.3, 0.4) is 0 Å². The van der Waals surface area contributed by atoms with Crippen molar-refractivity contribution in [2.24, 2.45) is 0 Å². The van der Waals surface area contributed by atoms with E-state index in [1.807, 2.05) is 0 Å². The molecule has 1 unspecified atom stereocenters. The van der Waals surface area contributed by atoms with Crippen molar-refractivity contribution in [3.05, 3.63) is 25.7 Å². The highest BCUT2D eigenvalue weighted by atomic mass is 79.9. The van der Waals surface area contributed by atoms with E-state index >= 15 is 0 Å². The van der Waals surface area contributed by atoms with Crippen molar-refractivity contribution in [2.75, 3.05) is 7.11 Å². The van der Waals surface area contributed by atoms with Gasteiger partial charge in [-0.05, 0) is 22.0 Å². The van der Waals surface area contributed by atoms with Gasteiger partial charge in [0.2, 0.25) is 5.75 Å². The molecule has 0 spiro atoms. The van der Waals surface area contributed by atoms with E-state index in [1.165, 1.54) is 7.11 Å². The monoisotopic (exact) mass is 329 g/mol. The molecular formula is C7H5BrClNO5S. The van der Waals surface area contributed by atoms with Crippen LogP contribution in [0.5, 0.6) is 5.75 Å². The van der Waals surface area contributed by atoms with E-state index in [-0.39, 0.29) is 20.1 Å². The molecule has 0 amide bonds. The van der Waals surface area contributed by atoms with Gasteiger partial charge < -0.3 is 9.29 Å². The lowest BCUT2D eigenvalue weighted by Gasteiger charge is -2.07. The lowest BCUT2D eigenvalue weighted by molar-refractivity contribution is -0.386. The quantitative estimate of drug-likeness (QED) is 0.522.